The minimum absolute atomic E-state index is 0.110. The number of carbonyl (C=O) groups is 1. The van der Waals surface area contributed by atoms with Crippen molar-refractivity contribution in [2.45, 2.75) is 78.9 Å². The Balaban J connectivity index is 4.12. The Morgan fingerprint density at radius 3 is 2.12 bits per heavy atom. The van der Waals surface area contributed by atoms with E-state index >= 15 is 0 Å². The molecule has 102 valence electrons. The van der Waals surface area contributed by atoms with Gasteiger partial charge in [0.05, 0.1) is 6.04 Å². The van der Waals surface area contributed by atoms with E-state index in [4.69, 9.17) is 0 Å². The van der Waals surface area contributed by atoms with Gasteiger partial charge in [-0.2, -0.15) is 0 Å². The highest BCUT2D eigenvalue weighted by atomic mass is 16.2. The minimum atomic E-state index is -0.110. The van der Waals surface area contributed by atoms with E-state index < -0.39 is 0 Å². The van der Waals surface area contributed by atoms with Crippen LogP contribution in [0, 0.1) is 5.92 Å². The van der Waals surface area contributed by atoms with Crippen molar-refractivity contribution < 1.29 is 4.79 Å². The molecule has 17 heavy (non-hydrogen) atoms. The summed E-state index contributed by atoms with van der Waals surface area (Å²) in [6, 6.07) is 0.578. The molecule has 1 amide bonds. The molecule has 2 N–H and O–H groups in total. The van der Waals surface area contributed by atoms with Crippen LogP contribution in [0.3, 0.4) is 0 Å². The van der Waals surface area contributed by atoms with E-state index in [1.807, 2.05) is 6.92 Å². The lowest BCUT2D eigenvalue weighted by molar-refractivity contribution is -0.123. The number of hydrogen-bond donors (Lipinski definition) is 2. The van der Waals surface area contributed by atoms with Crippen LogP contribution < -0.4 is 10.6 Å². The molecule has 0 spiro atoms. The molecule has 0 heterocycles. The van der Waals surface area contributed by atoms with Gasteiger partial charge in [-0.05, 0) is 32.6 Å². The highest BCUT2D eigenvalue weighted by molar-refractivity contribution is 5.81. The van der Waals surface area contributed by atoms with Crippen LogP contribution >= 0.6 is 0 Å². The molecule has 0 aromatic rings. The molecule has 0 aromatic carbocycles. The minimum Gasteiger partial charge on any atom is -0.352 e. The van der Waals surface area contributed by atoms with Gasteiger partial charge in [0.1, 0.15) is 0 Å². The summed E-state index contributed by atoms with van der Waals surface area (Å²) in [5, 5.41) is 6.45. The molecule has 0 bridgehead atoms. The maximum absolute atomic E-state index is 11.9. The summed E-state index contributed by atoms with van der Waals surface area (Å²) in [7, 11) is 0. The molecule has 0 fully saturated rings. The average molecular weight is 242 g/mol. The molecule has 3 atom stereocenters. The van der Waals surface area contributed by atoms with Crippen molar-refractivity contribution in [3.63, 3.8) is 0 Å². The third-order valence-corrected chi connectivity index (χ3v) is 3.21. The van der Waals surface area contributed by atoms with Crippen LogP contribution in [0.1, 0.15) is 60.8 Å². The zero-order chi connectivity index (χ0) is 13.4. The van der Waals surface area contributed by atoms with Gasteiger partial charge < -0.3 is 10.6 Å². The fourth-order valence-corrected chi connectivity index (χ4v) is 2.05. The molecular weight excluding hydrogens is 212 g/mol. The van der Waals surface area contributed by atoms with E-state index in [9.17, 15) is 4.79 Å². The van der Waals surface area contributed by atoms with Gasteiger partial charge in [0.2, 0.25) is 5.91 Å². The van der Waals surface area contributed by atoms with Crippen LogP contribution in [0.2, 0.25) is 0 Å². The summed E-state index contributed by atoms with van der Waals surface area (Å²) >= 11 is 0. The largest absolute Gasteiger partial charge is 0.352 e. The summed E-state index contributed by atoms with van der Waals surface area (Å²) in [6.45, 7) is 12.7. The SMILES string of the molecule is CCCC(C)NC(=O)C(C)NC(CC)C(C)C. The highest BCUT2D eigenvalue weighted by Crippen LogP contribution is 2.06. The lowest BCUT2D eigenvalue weighted by Crippen LogP contribution is -2.49. The van der Waals surface area contributed by atoms with Gasteiger partial charge >= 0.3 is 0 Å². The molecule has 0 saturated heterocycles. The van der Waals surface area contributed by atoms with E-state index in [2.05, 4.69) is 45.3 Å². The summed E-state index contributed by atoms with van der Waals surface area (Å²) in [6.07, 6.45) is 3.20. The lowest BCUT2D eigenvalue weighted by Gasteiger charge is -2.25. The van der Waals surface area contributed by atoms with Crippen LogP contribution in [-0.4, -0.2) is 24.0 Å². The standard InChI is InChI=1S/C14H30N2O/c1-7-9-11(5)15-14(17)12(6)16-13(8-2)10(3)4/h10-13,16H,7-9H2,1-6H3,(H,15,17). The van der Waals surface area contributed by atoms with Gasteiger partial charge in [0.15, 0.2) is 0 Å². The molecule has 0 aliphatic rings. The predicted molar refractivity (Wildman–Crippen MR) is 74.0 cm³/mol. The third-order valence-electron chi connectivity index (χ3n) is 3.21. The zero-order valence-electron chi connectivity index (χ0n) is 12.3. The van der Waals surface area contributed by atoms with Gasteiger partial charge in [-0.3, -0.25) is 4.79 Å². The van der Waals surface area contributed by atoms with Crippen molar-refractivity contribution in [2.75, 3.05) is 0 Å². The Bertz CT molecular complexity index is 216. The fourth-order valence-electron chi connectivity index (χ4n) is 2.05. The Hall–Kier alpha value is -0.570. The molecular formula is C14H30N2O. The second kappa shape index (κ2) is 8.51. The zero-order valence-corrected chi connectivity index (χ0v) is 12.3. The Labute approximate surface area is 107 Å². The van der Waals surface area contributed by atoms with Crippen molar-refractivity contribution in [2.24, 2.45) is 5.92 Å². The Morgan fingerprint density at radius 1 is 1.12 bits per heavy atom. The summed E-state index contributed by atoms with van der Waals surface area (Å²) in [4.78, 5) is 11.9. The molecule has 0 aliphatic heterocycles. The number of hydrogen-bond acceptors (Lipinski definition) is 2. The van der Waals surface area contributed by atoms with Crippen molar-refractivity contribution in [3.8, 4) is 0 Å². The second-order valence-electron chi connectivity index (χ2n) is 5.35. The summed E-state index contributed by atoms with van der Waals surface area (Å²) < 4.78 is 0. The van der Waals surface area contributed by atoms with E-state index in [1.165, 1.54) is 0 Å². The number of rotatable bonds is 8. The molecule has 0 saturated carbocycles. The molecule has 0 aromatic heterocycles. The van der Waals surface area contributed by atoms with Crippen molar-refractivity contribution in [3.05, 3.63) is 0 Å². The third kappa shape index (κ3) is 6.67. The highest BCUT2D eigenvalue weighted by Gasteiger charge is 2.19. The van der Waals surface area contributed by atoms with Crippen LogP contribution in [0.25, 0.3) is 0 Å². The van der Waals surface area contributed by atoms with E-state index in [0.717, 1.165) is 19.3 Å². The van der Waals surface area contributed by atoms with Crippen LogP contribution in [-0.2, 0) is 4.79 Å². The first-order valence-corrected chi connectivity index (χ1v) is 6.98. The molecule has 3 nitrogen and oxygen atoms in total. The summed E-state index contributed by atoms with van der Waals surface area (Å²) in [5.41, 5.74) is 0. The first-order chi connectivity index (χ1) is 7.92. The van der Waals surface area contributed by atoms with Crippen molar-refractivity contribution in [1.82, 2.24) is 10.6 Å². The van der Waals surface area contributed by atoms with Gasteiger partial charge in [0, 0.05) is 12.1 Å². The van der Waals surface area contributed by atoms with Crippen LogP contribution in [0.4, 0.5) is 0 Å². The molecule has 3 unspecified atom stereocenters. The first kappa shape index (κ1) is 16.4. The first-order valence-electron chi connectivity index (χ1n) is 6.98. The fraction of sp³-hybridized carbons (Fsp3) is 0.929. The van der Waals surface area contributed by atoms with E-state index in [-0.39, 0.29) is 18.0 Å². The van der Waals surface area contributed by atoms with Crippen molar-refractivity contribution in [1.29, 1.82) is 0 Å². The molecule has 3 heteroatoms. The Kier molecular flexibility index (Phi) is 8.23. The van der Waals surface area contributed by atoms with Gasteiger partial charge in [-0.15, -0.1) is 0 Å². The normalized spacial score (nSPS) is 16.6. The molecule has 0 rings (SSSR count). The smallest absolute Gasteiger partial charge is 0.237 e. The monoisotopic (exact) mass is 242 g/mol. The van der Waals surface area contributed by atoms with Gasteiger partial charge in [-0.1, -0.05) is 34.1 Å². The maximum Gasteiger partial charge on any atom is 0.237 e. The van der Waals surface area contributed by atoms with E-state index in [1.54, 1.807) is 0 Å². The van der Waals surface area contributed by atoms with Crippen LogP contribution in [0.5, 0.6) is 0 Å². The molecule has 0 radical (unpaired) electrons. The quantitative estimate of drug-likeness (QED) is 0.687. The second-order valence-corrected chi connectivity index (χ2v) is 5.35. The van der Waals surface area contributed by atoms with Gasteiger partial charge in [0.25, 0.3) is 0 Å². The van der Waals surface area contributed by atoms with E-state index in [0.29, 0.717) is 12.0 Å². The number of carbonyl (C=O) groups excluding carboxylic acids is 1. The Morgan fingerprint density at radius 2 is 1.71 bits per heavy atom. The lowest BCUT2D eigenvalue weighted by atomic mass is 10.0. The maximum atomic E-state index is 11.9. The number of nitrogens with one attached hydrogen (secondary N) is 2. The predicted octanol–water partition coefficient (Wildman–Crippen LogP) is 2.70. The average Bonchev–Trinajstić information content (AvgIpc) is 2.25. The summed E-state index contributed by atoms with van der Waals surface area (Å²) in [5.74, 6) is 0.674. The number of amides is 1. The molecule has 0 aliphatic carbocycles. The van der Waals surface area contributed by atoms with Crippen molar-refractivity contribution >= 4 is 5.91 Å². The topological polar surface area (TPSA) is 41.1 Å². The van der Waals surface area contributed by atoms with Gasteiger partial charge in [-0.25, -0.2) is 0 Å². The van der Waals surface area contributed by atoms with Crippen LogP contribution in [0.15, 0.2) is 0 Å².